The highest BCUT2D eigenvalue weighted by Crippen LogP contribution is 2.21. The Bertz CT molecular complexity index is 1330. The van der Waals surface area contributed by atoms with Gasteiger partial charge in [-0.15, -0.1) is 0 Å². The first kappa shape index (κ1) is 19.9. The highest BCUT2D eigenvalue weighted by molar-refractivity contribution is 6.05. The molecule has 0 spiro atoms. The molecule has 3 aromatic carbocycles. The van der Waals surface area contributed by atoms with Gasteiger partial charge < -0.3 is 24.4 Å². The lowest BCUT2D eigenvalue weighted by molar-refractivity contribution is -0.255. The van der Waals surface area contributed by atoms with Crippen molar-refractivity contribution in [3.8, 4) is 5.75 Å². The highest BCUT2D eigenvalue weighted by atomic mass is 16.5. The van der Waals surface area contributed by atoms with Gasteiger partial charge in [-0.05, 0) is 48.0 Å². The number of benzene rings is 3. The molecule has 7 nitrogen and oxygen atoms in total. The Labute approximate surface area is 177 Å². The quantitative estimate of drug-likeness (QED) is 0.541. The number of nitrogens with zero attached hydrogens (tertiary/aromatic N) is 1. The summed E-state index contributed by atoms with van der Waals surface area (Å²) in [5, 5.41) is 14.5. The van der Waals surface area contributed by atoms with Crippen molar-refractivity contribution in [2.24, 2.45) is 4.99 Å². The number of methoxy groups -OCH3 is 1. The Hall–Kier alpha value is -4.39. The van der Waals surface area contributed by atoms with Crippen molar-refractivity contribution in [1.29, 1.82) is 0 Å². The molecule has 1 amide bonds. The molecule has 0 aliphatic heterocycles. The molecule has 1 N–H and O–H groups in total. The number of para-hydroxylation sites is 1. The number of nitrogens with one attached hydrogen (secondary N) is 1. The van der Waals surface area contributed by atoms with Crippen molar-refractivity contribution in [2.75, 3.05) is 12.4 Å². The van der Waals surface area contributed by atoms with Crippen molar-refractivity contribution in [3.63, 3.8) is 0 Å². The standard InChI is InChI=1S/C24H18N2O5/c1-30-19-12-9-16-13-20(22(27)25-17-5-3-2-4-6-17)23(31-21(16)14-19)26-18-10-7-15(8-11-18)24(28)29/h2-14H,1H3,(H,25,27)(H,28,29)/p-1. The largest absolute Gasteiger partial charge is 0.545 e. The summed E-state index contributed by atoms with van der Waals surface area (Å²) in [7, 11) is 1.55. The van der Waals surface area contributed by atoms with E-state index in [1.54, 1.807) is 43.5 Å². The first-order chi connectivity index (χ1) is 15.0. The van der Waals surface area contributed by atoms with Crippen LogP contribution < -0.4 is 20.7 Å². The molecule has 0 atom stereocenters. The molecular weight excluding hydrogens is 396 g/mol. The first-order valence-electron chi connectivity index (χ1n) is 9.38. The number of ether oxygens (including phenoxy) is 1. The van der Waals surface area contributed by atoms with Crippen LogP contribution in [0.25, 0.3) is 11.0 Å². The number of carbonyl (C=O) groups excluding carboxylic acids is 2. The molecule has 31 heavy (non-hydrogen) atoms. The van der Waals surface area contributed by atoms with E-state index in [4.69, 9.17) is 9.15 Å². The van der Waals surface area contributed by atoms with Crippen molar-refractivity contribution in [3.05, 3.63) is 95.5 Å². The second kappa shape index (κ2) is 8.54. The monoisotopic (exact) mass is 413 g/mol. The molecule has 0 unspecified atom stereocenters. The summed E-state index contributed by atoms with van der Waals surface area (Å²) >= 11 is 0. The molecule has 7 heteroatoms. The molecule has 4 aromatic rings. The molecule has 0 saturated carbocycles. The second-order valence-electron chi connectivity index (χ2n) is 6.64. The zero-order valence-corrected chi connectivity index (χ0v) is 16.5. The van der Waals surface area contributed by atoms with Crippen LogP contribution >= 0.6 is 0 Å². The Morgan fingerprint density at radius 1 is 0.968 bits per heavy atom. The van der Waals surface area contributed by atoms with Gasteiger partial charge in [-0.2, -0.15) is 0 Å². The third-order valence-corrected chi connectivity index (χ3v) is 4.57. The van der Waals surface area contributed by atoms with Gasteiger partial charge in [-0.25, -0.2) is 4.99 Å². The number of rotatable bonds is 5. The van der Waals surface area contributed by atoms with Gasteiger partial charge in [0.2, 0.25) is 5.55 Å². The minimum absolute atomic E-state index is 0.0289. The summed E-state index contributed by atoms with van der Waals surface area (Å²) in [6, 6.07) is 21.7. The lowest BCUT2D eigenvalue weighted by Gasteiger charge is -2.08. The molecule has 1 aromatic heterocycles. The Morgan fingerprint density at radius 3 is 2.39 bits per heavy atom. The van der Waals surface area contributed by atoms with Gasteiger partial charge >= 0.3 is 0 Å². The minimum atomic E-state index is -1.28. The molecule has 0 bridgehead atoms. The van der Waals surface area contributed by atoms with Gasteiger partial charge in [0.25, 0.3) is 5.91 Å². The summed E-state index contributed by atoms with van der Waals surface area (Å²) in [5.41, 5.74) is 1.87. The lowest BCUT2D eigenvalue weighted by Crippen LogP contribution is -2.22. The van der Waals surface area contributed by atoms with Gasteiger partial charge in [0.05, 0.1) is 18.8 Å². The van der Waals surface area contributed by atoms with E-state index >= 15 is 0 Å². The number of amides is 1. The fraction of sp³-hybridized carbons (Fsp3) is 0.0417. The van der Waals surface area contributed by atoms with Gasteiger partial charge in [-0.1, -0.05) is 30.3 Å². The molecule has 0 saturated heterocycles. The molecular formula is C24H17N2O5-. The Kier molecular flexibility index (Phi) is 5.49. The summed E-state index contributed by atoms with van der Waals surface area (Å²) < 4.78 is 11.2. The third kappa shape index (κ3) is 4.45. The number of carbonyl (C=O) groups is 2. The summed E-state index contributed by atoms with van der Waals surface area (Å²) in [6.07, 6.45) is 0. The lowest BCUT2D eigenvalue weighted by atomic mass is 10.1. The van der Waals surface area contributed by atoms with Crippen LogP contribution in [0, 0.1) is 0 Å². The molecule has 4 rings (SSSR count). The van der Waals surface area contributed by atoms with Crippen LogP contribution in [0.15, 0.2) is 88.3 Å². The van der Waals surface area contributed by atoms with Gasteiger partial charge in [0.1, 0.15) is 16.9 Å². The summed E-state index contributed by atoms with van der Waals surface area (Å²) in [6.45, 7) is 0. The average Bonchev–Trinajstić information content (AvgIpc) is 2.79. The normalized spacial score (nSPS) is 11.3. The van der Waals surface area contributed by atoms with E-state index in [0.29, 0.717) is 28.1 Å². The van der Waals surface area contributed by atoms with Gasteiger partial charge in [-0.3, -0.25) is 4.79 Å². The zero-order chi connectivity index (χ0) is 21.8. The number of carboxylic acids is 1. The molecule has 0 aliphatic carbocycles. The maximum atomic E-state index is 13.0. The molecule has 154 valence electrons. The van der Waals surface area contributed by atoms with E-state index in [0.717, 1.165) is 0 Å². The first-order valence-corrected chi connectivity index (χ1v) is 9.38. The van der Waals surface area contributed by atoms with Crippen LogP contribution in [0.5, 0.6) is 5.75 Å². The molecule has 0 aliphatic rings. The smallest absolute Gasteiger partial charge is 0.261 e. The predicted octanol–water partition coefficient (Wildman–Crippen LogP) is 3.29. The Morgan fingerprint density at radius 2 is 1.71 bits per heavy atom. The second-order valence-corrected chi connectivity index (χ2v) is 6.64. The van der Waals surface area contributed by atoms with Crippen LogP contribution in [-0.4, -0.2) is 19.0 Å². The van der Waals surface area contributed by atoms with Crippen molar-refractivity contribution in [2.45, 2.75) is 0 Å². The zero-order valence-electron chi connectivity index (χ0n) is 16.5. The van der Waals surface area contributed by atoms with E-state index < -0.39 is 11.9 Å². The number of hydrogen-bond donors (Lipinski definition) is 1. The highest BCUT2D eigenvalue weighted by Gasteiger charge is 2.14. The Balaban J connectivity index is 1.84. The molecule has 0 radical (unpaired) electrons. The van der Waals surface area contributed by atoms with Gasteiger partial charge in [0.15, 0.2) is 0 Å². The summed E-state index contributed by atoms with van der Waals surface area (Å²) in [5.74, 6) is -1.07. The average molecular weight is 413 g/mol. The maximum Gasteiger partial charge on any atom is 0.261 e. The fourth-order valence-electron chi connectivity index (χ4n) is 2.98. The number of fused-ring (bicyclic) bond motifs is 1. The van der Waals surface area contributed by atoms with E-state index in [2.05, 4.69) is 10.3 Å². The molecule has 0 fully saturated rings. The third-order valence-electron chi connectivity index (χ3n) is 4.57. The number of aromatic carboxylic acids is 1. The van der Waals surface area contributed by atoms with Crippen molar-refractivity contribution < 1.29 is 23.8 Å². The number of anilines is 1. The van der Waals surface area contributed by atoms with Crippen LogP contribution in [0.2, 0.25) is 0 Å². The minimum Gasteiger partial charge on any atom is -0.545 e. The predicted molar refractivity (Wildman–Crippen MR) is 113 cm³/mol. The van der Waals surface area contributed by atoms with E-state index in [1.165, 1.54) is 24.3 Å². The van der Waals surface area contributed by atoms with E-state index in [9.17, 15) is 14.7 Å². The summed E-state index contributed by atoms with van der Waals surface area (Å²) in [4.78, 5) is 28.4. The van der Waals surface area contributed by atoms with Crippen LogP contribution in [0.4, 0.5) is 11.4 Å². The van der Waals surface area contributed by atoms with Gasteiger partial charge in [0, 0.05) is 17.1 Å². The van der Waals surface area contributed by atoms with Crippen LogP contribution in [0.1, 0.15) is 20.7 Å². The topological polar surface area (TPSA) is 104 Å². The molecule has 1 heterocycles. The number of hydrogen-bond acceptors (Lipinski definition) is 6. The van der Waals surface area contributed by atoms with Crippen molar-refractivity contribution in [1.82, 2.24) is 0 Å². The van der Waals surface area contributed by atoms with E-state index in [-0.39, 0.29) is 16.7 Å². The van der Waals surface area contributed by atoms with Crippen LogP contribution in [-0.2, 0) is 0 Å². The SMILES string of the molecule is COc1ccc2cc(C(=O)Nc3ccccc3)c(=Nc3ccc(C(=O)[O-])cc3)oc2c1. The van der Waals surface area contributed by atoms with Crippen molar-refractivity contribution >= 4 is 34.2 Å². The fourth-order valence-corrected chi connectivity index (χ4v) is 2.98. The van der Waals surface area contributed by atoms with E-state index in [1.807, 2.05) is 18.2 Å². The number of carboxylic acid groups (broad SMARTS) is 1. The maximum absolute atomic E-state index is 13.0. The van der Waals surface area contributed by atoms with Crippen LogP contribution in [0.3, 0.4) is 0 Å².